The number of amides is 1. The van der Waals surface area contributed by atoms with Crippen LogP contribution in [0, 0.1) is 12.8 Å². The summed E-state index contributed by atoms with van der Waals surface area (Å²) in [5.74, 6) is 0.957. The lowest BCUT2D eigenvalue weighted by Crippen LogP contribution is -2.31. The molecule has 7 nitrogen and oxygen atoms in total. The molecule has 0 radical (unpaired) electrons. The molecule has 24 heavy (non-hydrogen) atoms. The van der Waals surface area contributed by atoms with Gasteiger partial charge in [-0.1, -0.05) is 36.3 Å². The van der Waals surface area contributed by atoms with Crippen molar-refractivity contribution in [2.75, 3.05) is 0 Å². The fourth-order valence-corrected chi connectivity index (χ4v) is 2.32. The van der Waals surface area contributed by atoms with E-state index in [0.717, 1.165) is 11.1 Å². The quantitative estimate of drug-likeness (QED) is 0.751. The lowest BCUT2D eigenvalue weighted by molar-refractivity contribution is -0.125. The van der Waals surface area contributed by atoms with Gasteiger partial charge in [-0.2, -0.15) is 10.1 Å². The number of benzene rings is 1. The first-order valence-corrected chi connectivity index (χ1v) is 7.76. The van der Waals surface area contributed by atoms with E-state index in [1.807, 2.05) is 43.5 Å². The Morgan fingerprint density at radius 3 is 2.75 bits per heavy atom. The summed E-state index contributed by atoms with van der Waals surface area (Å²) in [6.45, 7) is 4.69. The molecule has 2 aromatic heterocycles. The second-order valence-electron chi connectivity index (χ2n) is 5.68. The fourth-order valence-electron chi connectivity index (χ4n) is 2.32. The van der Waals surface area contributed by atoms with Crippen molar-refractivity contribution >= 4 is 5.91 Å². The minimum absolute atomic E-state index is 0.00312. The molecule has 0 fully saturated rings. The van der Waals surface area contributed by atoms with Crippen molar-refractivity contribution in [3.05, 3.63) is 54.2 Å². The first kappa shape index (κ1) is 15.9. The molecular formula is C17H19N5O2. The van der Waals surface area contributed by atoms with Crippen LogP contribution in [0.25, 0.3) is 11.4 Å². The molecule has 124 valence electrons. The van der Waals surface area contributed by atoms with Crippen LogP contribution in [0.4, 0.5) is 0 Å². The molecule has 1 amide bonds. The standard InChI is InChI=1S/C17H19N5O2/c1-12(11-22-9-3-8-19-22)17(23)18-10-14-4-6-15(7-5-14)16-20-13(2)24-21-16/h3-9,12H,10-11H2,1-2H3,(H,18,23)/t12-/m0/s1. The summed E-state index contributed by atoms with van der Waals surface area (Å²) in [4.78, 5) is 16.3. The first-order valence-electron chi connectivity index (χ1n) is 7.76. The van der Waals surface area contributed by atoms with Crippen LogP contribution >= 0.6 is 0 Å². The maximum Gasteiger partial charge on any atom is 0.224 e. The molecular weight excluding hydrogens is 306 g/mol. The minimum Gasteiger partial charge on any atom is -0.352 e. The van der Waals surface area contributed by atoms with Crippen LogP contribution in [-0.4, -0.2) is 25.8 Å². The highest BCUT2D eigenvalue weighted by atomic mass is 16.5. The van der Waals surface area contributed by atoms with Crippen LogP contribution in [0.15, 0.2) is 47.2 Å². The molecule has 0 aliphatic rings. The van der Waals surface area contributed by atoms with E-state index < -0.39 is 0 Å². The lowest BCUT2D eigenvalue weighted by atomic mass is 10.1. The molecule has 1 atom stereocenters. The molecule has 0 saturated carbocycles. The van der Waals surface area contributed by atoms with Crippen LogP contribution < -0.4 is 5.32 Å². The van der Waals surface area contributed by atoms with E-state index in [2.05, 4.69) is 20.6 Å². The van der Waals surface area contributed by atoms with Gasteiger partial charge in [-0.05, 0) is 11.6 Å². The van der Waals surface area contributed by atoms with Crippen molar-refractivity contribution in [2.45, 2.75) is 26.9 Å². The Hall–Kier alpha value is -2.96. The van der Waals surface area contributed by atoms with Gasteiger partial charge in [0.2, 0.25) is 17.6 Å². The molecule has 0 unspecified atom stereocenters. The topological polar surface area (TPSA) is 85.8 Å². The SMILES string of the molecule is Cc1nc(-c2ccc(CNC(=O)[C@@H](C)Cn3cccn3)cc2)no1. The van der Waals surface area contributed by atoms with Gasteiger partial charge in [-0.15, -0.1) is 0 Å². The number of carbonyl (C=O) groups is 1. The maximum atomic E-state index is 12.1. The summed E-state index contributed by atoms with van der Waals surface area (Å²) < 4.78 is 6.73. The van der Waals surface area contributed by atoms with E-state index in [-0.39, 0.29) is 11.8 Å². The number of rotatable bonds is 6. The Morgan fingerprint density at radius 1 is 1.33 bits per heavy atom. The largest absolute Gasteiger partial charge is 0.352 e. The van der Waals surface area contributed by atoms with Gasteiger partial charge >= 0.3 is 0 Å². The van der Waals surface area contributed by atoms with Crippen molar-refractivity contribution in [1.29, 1.82) is 0 Å². The van der Waals surface area contributed by atoms with Crippen molar-refractivity contribution in [3.8, 4) is 11.4 Å². The van der Waals surface area contributed by atoms with Gasteiger partial charge in [0.25, 0.3) is 0 Å². The number of aromatic nitrogens is 4. The number of nitrogens with zero attached hydrogens (tertiary/aromatic N) is 4. The second-order valence-corrected chi connectivity index (χ2v) is 5.68. The van der Waals surface area contributed by atoms with Crippen molar-refractivity contribution < 1.29 is 9.32 Å². The Labute approximate surface area is 139 Å². The number of hydrogen-bond donors (Lipinski definition) is 1. The number of carbonyl (C=O) groups excluding carboxylic acids is 1. The average molecular weight is 325 g/mol. The van der Waals surface area contributed by atoms with Crippen molar-refractivity contribution in [1.82, 2.24) is 25.2 Å². The van der Waals surface area contributed by atoms with Crippen LogP contribution in [0.3, 0.4) is 0 Å². The monoisotopic (exact) mass is 325 g/mol. The summed E-state index contributed by atoms with van der Waals surface area (Å²) in [5.41, 5.74) is 1.90. The van der Waals surface area contributed by atoms with E-state index >= 15 is 0 Å². The van der Waals surface area contributed by atoms with Crippen molar-refractivity contribution in [3.63, 3.8) is 0 Å². The predicted molar refractivity (Wildman–Crippen MR) is 87.7 cm³/mol. The summed E-state index contributed by atoms with van der Waals surface area (Å²) >= 11 is 0. The molecule has 0 aliphatic heterocycles. The smallest absolute Gasteiger partial charge is 0.224 e. The third kappa shape index (κ3) is 3.87. The molecule has 1 aromatic carbocycles. The average Bonchev–Trinajstić information content (AvgIpc) is 3.24. The highest BCUT2D eigenvalue weighted by molar-refractivity contribution is 5.78. The zero-order valence-electron chi connectivity index (χ0n) is 13.6. The molecule has 7 heteroatoms. The Kier molecular flexibility index (Phi) is 4.69. The predicted octanol–water partition coefficient (Wildman–Crippen LogP) is 2.19. The molecule has 3 aromatic rings. The Balaban J connectivity index is 1.53. The van der Waals surface area contributed by atoms with Gasteiger partial charge in [-0.3, -0.25) is 9.48 Å². The van der Waals surface area contributed by atoms with Gasteiger partial charge < -0.3 is 9.84 Å². The van der Waals surface area contributed by atoms with E-state index in [4.69, 9.17) is 4.52 Å². The summed E-state index contributed by atoms with van der Waals surface area (Å²) in [5, 5.41) is 10.9. The van der Waals surface area contributed by atoms with Gasteiger partial charge in [0.1, 0.15) is 0 Å². The summed E-state index contributed by atoms with van der Waals surface area (Å²) in [6.07, 6.45) is 3.56. The zero-order valence-corrected chi connectivity index (χ0v) is 13.6. The highest BCUT2D eigenvalue weighted by Crippen LogP contribution is 2.16. The molecule has 0 bridgehead atoms. The van der Waals surface area contributed by atoms with Gasteiger partial charge in [0.15, 0.2) is 0 Å². The van der Waals surface area contributed by atoms with E-state index in [1.54, 1.807) is 17.8 Å². The molecule has 1 N–H and O–H groups in total. The first-order chi connectivity index (χ1) is 11.6. The van der Waals surface area contributed by atoms with E-state index in [0.29, 0.717) is 24.8 Å². The number of aryl methyl sites for hydroxylation is 1. The van der Waals surface area contributed by atoms with Crippen molar-refractivity contribution in [2.24, 2.45) is 5.92 Å². The van der Waals surface area contributed by atoms with E-state index in [1.165, 1.54) is 0 Å². The summed E-state index contributed by atoms with van der Waals surface area (Å²) in [6, 6.07) is 9.56. The fraction of sp³-hybridized carbons (Fsp3) is 0.294. The van der Waals surface area contributed by atoms with Gasteiger partial charge in [0, 0.05) is 31.4 Å². The van der Waals surface area contributed by atoms with Gasteiger partial charge in [0.05, 0.1) is 12.5 Å². The third-order valence-electron chi connectivity index (χ3n) is 3.67. The van der Waals surface area contributed by atoms with Gasteiger partial charge in [-0.25, -0.2) is 0 Å². The number of hydrogen-bond acceptors (Lipinski definition) is 5. The second kappa shape index (κ2) is 7.08. The highest BCUT2D eigenvalue weighted by Gasteiger charge is 2.13. The Morgan fingerprint density at radius 2 is 2.12 bits per heavy atom. The molecule has 0 saturated heterocycles. The third-order valence-corrected chi connectivity index (χ3v) is 3.67. The molecule has 0 spiro atoms. The normalized spacial score (nSPS) is 12.1. The van der Waals surface area contributed by atoms with Crippen LogP contribution in [0.1, 0.15) is 18.4 Å². The number of nitrogens with one attached hydrogen (secondary N) is 1. The maximum absolute atomic E-state index is 12.1. The Bertz CT molecular complexity index is 793. The minimum atomic E-state index is -0.147. The summed E-state index contributed by atoms with van der Waals surface area (Å²) in [7, 11) is 0. The lowest BCUT2D eigenvalue weighted by Gasteiger charge is -2.12. The zero-order chi connectivity index (χ0) is 16.9. The van der Waals surface area contributed by atoms with Crippen LogP contribution in [0.5, 0.6) is 0 Å². The molecule has 2 heterocycles. The molecule has 3 rings (SSSR count). The van der Waals surface area contributed by atoms with Crippen LogP contribution in [0.2, 0.25) is 0 Å². The van der Waals surface area contributed by atoms with Crippen LogP contribution in [-0.2, 0) is 17.9 Å². The van der Waals surface area contributed by atoms with E-state index in [9.17, 15) is 4.79 Å². The molecule has 0 aliphatic carbocycles.